The molecule has 2 amide bonds. The lowest BCUT2D eigenvalue weighted by Crippen LogP contribution is -2.50. The highest BCUT2D eigenvalue weighted by molar-refractivity contribution is 6.00. The van der Waals surface area contributed by atoms with Crippen LogP contribution in [0.25, 0.3) is 0 Å². The molecule has 9 nitrogen and oxygen atoms in total. The summed E-state index contributed by atoms with van der Waals surface area (Å²) in [5.41, 5.74) is 0.863. The van der Waals surface area contributed by atoms with E-state index in [9.17, 15) is 23.5 Å². The molecule has 1 aromatic heterocycles. The number of likely N-dealkylation sites (N-methyl/N-ethyl adjacent to an activating group) is 1. The van der Waals surface area contributed by atoms with E-state index in [-0.39, 0.29) is 18.9 Å². The topological polar surface area (TPSA) is 106 Å². The number of anilines is 1. The predicted molar refractivity (Wildman–Crippen MR) is 135 cm³/mol. The van der Waals surface area contributed by atoms with Crippen molar-refractivity contribution >= 4 is 17.6 Å². The molecule has 2 N–H and O–H groups in total. The third-order valence-electron chi connectivity index (χ3n) is 6.06. The van der Waals surface area contributed by atoms with Gasteiger partial charge in [0.25, 0.3) is 5.91 Å². The maximum Gasteiger partial charge on any atom is 0.342 e. The number of ether oxygens (including phenoxy) is 2. The summed E-state index contributed by atoms with van der Waals surface area (Å²) in [6, 6.07) is 7.10. The Kier molecular flexibility index (Phi) is 7.96. The molecule has 0 bridgehead atoms. The van der Waals surface area contributed by atoms with Crippen LogP contribution in [0.4, 0.5) is 19.3 Å². The molecular formula is C27H30F2N4O5. The highest BCUT2D eigenvalue weighted by Crippen LogP contribution is 2.34. The van der Waals surface area contributed by atoms with E-state index in [2.05, 4.69) is 10.4 Å². The van der Waals surface area contributed by atoms with E-state index in [4.69, 9.17) is 9.47 Å². The third kappa shape index (κ3) is 6.65. The highest BCUT2D eigenvalue weighted by Gasteiger charge is 2.31. The molecule has 3 aromatic rings. The summed E-state index contributed by atoms with van der Waals surface area (Å²) in [5.74, 6) is -1.25. The molecule has 1 aliphatic rings. The number of aromatic nitrogens is 2. The number of hydrogen-bond donors (Lipinski definition) is 2. The van der Waals surface area contributed by atoms with Gasteiger partial charge in [0.05, 0.1) is 24.1 Å². The summed E-state index contributed by atoms with van der Waals surface area (Å²) in [6.07, 6.45) is 4.39. The predicted octanol–water partition coefficient (Wildman–Crippen LogP) is 3.66. The van der Waals surface area contributed by atoms with Gasteiger partial charge in [-0.3, -0.25) is 4.79 Å². The maximum atomic E-state index is 13.5. The molecule has 0 aliphatic carbocycles. The summed E-state index contributed by atoms with van der Waals surface area (Å²) in [7, 11) is 1.58. The minimum Gasteiger partial charge on any atom is -0.494 e. The number of amides is 2. The zero-order valence-corrected chi connectivity index (χ0v) is 21.4. The van der Waals surface area contributed by atoms with E-state index in [1.54, 1.807) is 39.1 Å². The van der Waals surface area contributed by atoms with Crippen LogP contribution in [0.1, 0.15) is 37.8 Å². The van der Waals surface area contributed by atoms with Crippen LogP contribution in [-0.2, 0) is 11.2 Å². The normalized spacial score (nSPS) is 15.5. The maximum absolute atomic E-state index is 13.5. The first-order valence-corrected chi connectivity index (χ1v) is 12.2. The third-order valence-corrected chi connectivity index (χ3v) is 6.06. The standard InChI is InChI=1S/C27H30F2N4O5/c1-27(2,36)9-4-10-37-19-6-8-24-23(13-19)32(3)25(34)22(16-38-24)31-26(35)33-15-18(14-30-33)11-17-5-7-20(28)21(29)12-17/h5-8,12-15,22,36H,4,9-11,16H2,1-3H3,(H,31,35)/t22-/m0/s1. The minimum atomic E-state index is -0.977. The van der Waals surface area contributed by atoms with Crippen LogP contribution >= 0.6 is 0 Å². The van der Waals surface area contributed by atoms with Gasteiger partial charge >= 0.3 is 6.03 Å². The number of fused-ring (bicyclic) bond motifs is 1. The van der Waals surface area contributed by atoms with E-state index in [0.29, 0.717) is 47.8 Å². The Labute approximate surface area is 219 Å². The Morgan fingerprint density at radius 2 is 2.00 bits per heavy atom. The van der Waals surface area contributed by atoms with Crippen LogP contribution in [0, 0.1) is 11.6 Å². The molecule has 2 aromatic carbocycles. The molecule has 4 rings (SSSR count). The van der Waals surface area contributed by atoms with E-state index < -0.39 is 29.3 Å². The molecule has 1 aliphatic heterocycles. The van der Waals surface area contributed by atoms with Crippen molar-refractivity contribution in [1.82, 2.24) is 15.1 Å². The number of aliphatic hydroxyl groups is 1. The van der Waals surface area contributed by atoms with Crippen LogP contribution < -0.4 is 19.7 Å². The highest BCUT2D eigenvalue weighted by atomic mass is 19.2. The molecule has 11 heteroatoms. The second kappa shape index (κ2) is 11.2. The van der Waals surface area contributed by atoms with Gasteiger partial charge < -0.3 is 24.8 Å². The molecule has 0 spiro atoms. The molecule has 38 heavy (non-hydrogen) atoms. The lowest BCUT2D eigenvalue weighted by atomic mass is 10.0. The van der Waals surface area contributed by atoms with Gasteiger partial charge in [-0.1, -0.05) is 6.07 Å². The van der Waals surface area contributed by atoms with E-state index >= 15 is 0 Å². The van der Waals surface area contributed by atoms with Gasteiger partial charge in [0.2, 0.25) is 0 Å². The Hall–Kier alpha value is -3.99. The van der Waals surface area contributed by atoms with Crippen molar-refractivity contribution in [1.29, 1.82) is 0 Å². The van der Waals surface area contributed by atoms with Gasteiger partial charge in [-0.2, -0.15) is 9.78 Å². The smallest absolute Gasteiger partial charge is 0.342 e. The van der Waals surface area contributed by atoms with Crippen LogP contribution in [-0.4, -0.2) is 58.7 Å². The molecule has 1 atom stereocenters. The molecule has 0 radical (unpaired) electrons. The average Bonchev–Trinajstić information content (AvgIpc) is 3.30. The van der Waals surface area contributed by atoms with Crippen LogP contribution in [0.15, 0.2) is 48.8 Å². The zero-order valence-electron chi connectivity index (χ0n) is 21.4. The summed E-state index contributed by atoms with van der Waals surface area (Å²) in [5, 5.41) is 16.5. The van der Waals surface area contributed by atoms with Crippen molar-refractivity contribution in [2.45, 2.75) is 44.8 Å². The van der Waals surface area contributed by atoms with E-state index in [0.717, 1.165) is 16.8 Å². The molecular weight excluding hydrogens is 498 g/mol. The number of hydrogen-bond acceptors (Lipinski definition) is 6. The number of benzene rings is 2. The molecule has 0 unspecified atom stereocenters. The lowest BCUT2D eigenvalue weighted by Gasteiger charge is -2.21. The first-order chi connectivity index (χ1) is 18.0. The van der Waals surface area contributed by atoms with Crippen molar-refractivity contribution in [3.63, 3.8) is 0 Å². The fraction of sp³-hybridized carbons (Fsp3) is 0.370. The lowest BCUT2D eigenvalue weighted by molar-refractivity contribution is -0.120. The van der Waals surface area contributed by atoms with Gasteiger partial charge in [-0.05, 0) is 62.1 Å². The first kappa shape index (κ1) is 27.1. The van der Waals surface area contributed by atoms with Crippen molar-refractivity contribution in [2.24, 2.45) is 0 Å². The van der Waals surface area contributed by atoms with Gasteiger partial charge in [0.15, 0.2) is 11.6 Å². The Balaban J connectivity index is 1.37. The fourth-order valence-corrected chi connectivity index (χ4v) is 4.03. The van der Waals surface area contributed by atoms with Crippen LogP contribution in [0.5, 0.6) is 11.5 Å². The number of nitrogens with one attached hydrogen (secondary N) is 1. The number of carbonyl (C=O) groups excluding carboxylic acids is 2. The number of rotatable bonds is 8. The Morgan fingerprint density at radius 3 is 2.74 bits per heavy atom. The van der Waals surface area contributed by atoms with Crippen LogP contribution in [0.2, 0.25) is 0 Å². The average molecular weight is 529 g/mol. The zero-order chi connectivity index (χ0) is 27.4. The minimum absolute atomic E-state index is 0.0866. The van der Waals surface area contributed by atoms with Crippen LogP contribution in [0.3, 0.4) is 0 Å². The van der Waals surface area contributed by atoms with Crippen molar-refractivity contribution in [3.8, 4) is 11.5 Å². The van der Waals surface area contributed by atoms with Gasteiger partial charge in [0.1, 0.15) is 24.1 Å². The van der Waals surface area contributed by atoms with Crippen molar-refractivity contribution in [2.75, 3.05) is 25.2 Å². The van der Waals surface area contributed by atoms with Gasteiger partial charge in [-0.25, -0.2) is 13.6 Å². The molecule has 202 valence electrons. The number of carbonyl (C=O) groups is 2. The number of halogens is 2. The SMILES string of the molecule is CN1C(=O)[C@@H](NC(=O)n2cc(Cc3ccc(F)c(F)c3)cn2)COc2ccc(OCCCC(C)(C)O)cc21. The summed E-state index contributed by atoms with van der Waals surface area (Å²) >= 11 is 0. The van der Waals surface area contributed by atoms with E-state index in [1.807, 2.05) is 0 Å². The summed E-state index contributed by atoms with van der Waals surface area (Å²) in [6.45, 7) is 3.80. The second-order valence-corrected chi connectivity index (χ2v) is 9.82. The molecule has 0 saturated heterocycles. The Bertz CT molecular complexity index is 1320. The van der Waals surface area contributed by atoms with Gasteiger partial charge in [0, 0.05) is 25.7 Å². The fourth-order valence-electron chi connectivity index (χ4n) is 4.03. The van der Waals surface area contributed by atoms with Gasteiger partial charge in [-0.15, -0.1) is 0 Å². The van der Waals surface area contributed by atoms with E-state index in [1.165, 1.54) is 23.4 Å². The first-order valence-electron chi connectivity index (χ1n) is 12.2. The molecule has 2 heterocycles. The summed E-state index contributed by atoms with van der Waals surface area (Å²) < 4.78 is 39.3. The number of nitrogens with zero attached hydrogens (tertiary/aromatic N) is 3. The monoisotopic (exact) mass is 528 g/mol. The molecule has 0 fully saturated rings. The Morgan fingerprint density at radius 1 is 1.21 bits per heavy atom. The molecule has 0 saturated carbocycles. The van der Waals surface area contributed by atoms with Crippen molar-refractivity contribution in [3.05, 3.63) is 71.6 Å². The quantitative estimate of drug-likeness (QED) is 0.433. The largest absolute Gasteiger partial charge is 0.494 e. The second-order valence-electron chi connectivity index (χ2n) is 9.82. The van der Waals surface area contributed by atoms with Crippen molar-refractivity contribution < 1.29 is 33.0 Å². The summed E-state index contributed by atoms with van der Waals surface area (Å²) in [4.78, 5) is 27.3.